The van der Waals surface area contributed by atoms with Crippen molar-refractivity contribution >= 4 is 0 Å². The summed E-state index contributed by atoms with van der Waals surface area (Å²) in [6.45, 7) is 1.77. The maximum atomic E-state index is 11.1. The molecule has 54 valence electrons. The molecule has 0 amide bonds. The van der Waals surface area contributed by atoms with Gasteiger partial charge in [0, 0.05) is 0 Å². The molecule has 2 nitrogen and oxygen atoms in total. The van der Waals surface area contributed by atoms with Crippen molar-refractivity contribution in [2.24, 2.45) is 0 Å². The van der Waals surface area contributed by atoms with E-state index < -0.39 is 0 Å². The van der Waals surface area contributed by atoms with Crippen LogP contribution in [0.25, 0.3) is 0 Å². The fraction of sp³-hybridized carbons (Fsp3) is 0.250. The Labute approximate surface area is 88.5 Å². The third-order valence-electron chi connectivity index (χ3n) is 1.40. The fourth-order valence-electron chi connectivity index (χ4n) is 0.786. The number of hydrogen-bond acceptors (Lipinski definition) is 2. The molecule has 0 saturated heterocycles. The van der Waals surface area contributed by atoms with Crippen LogP contribution in [0.5, 0.6) is 11.5 Å². The van der Waals surface area contributed by atoms with E-state index in [1.165, 1.54) is 7.11 Å². The van der Waals surface area contributed by atoms with Crippen LogP contribution >= 0.6 is 0 Å². The molecule has 1 aromatic carbocycles. The maximum Gasteiger partial charge on any atom is 1.00 e. The first kappa shape index (κ1) is 10.8. The quantitative estimate of drug-likeness (QED) is 0.449. The third kappa shape index (κ3) is 2.40. The van der Waals surface area contributed by atoms with Crippen molar-refractivity contribution in [2.45, 2.75) is 6.92 Å². The molecule has 0 aromatic heterocycles. The summed E-state index contributed by atoms with van der Waals surface area (Å²) in [5.74, 6) is 0.394. The zero-order chi connectivity index (χ0) is 7.56. The molecule has 0 saturated carbocycles. The van der Waals surface area contributed by atoms with Crippen molar-refractivity contribution in [3.05, 3.63) is 23.8 Å². The molecule has 0 aliphatic heterocycles. The number of ether oxygens (including phenoxy) is 1. The van der Waals surface area contributed by atoms with Gasteiger partial charge in [-0.25, -0.2) is 0 Å². The van der Waals surface area contributed by atoms with Crippen LogP contribution in [-0.4, -0.2) is 7.11 Å². The van der Waals surface area contributed by atoms with Gasteiger partial charge in [-0.1, -0.05) is 23.4 Å². The minimum Gasteiger partial charge on any atom is -0.870 e. The van der Waals surface area contributed by atoms with Crippen LogP contribution in [0.3, 0.4) is 0 Å². The first-order chi connectivity index (χ1) is 4.75. The standard InChI is InChI=1S/C8H10O2.Na/c1-6-4-3-5-7(10-2)8(6)9;/h3-5,9H,1-2H3;/q;+1/p-1. The van der Waals surface area contributed by atoms with E-state index in [0.29, 0.717) is 5.75 Å². The van der Waals surface area contributed by atoms with Crippen molar-refractivity contribution in [3.63, 3.8) is 0 Å². The molecule has 1 aromatic rings. The van der Waals surface area contributed by atoms with Crippen molar-refractivity contribution in [2.75, 3.05) is 7.11 Å². The van der Waals surface area contributed by atoms with Crippen LogP contribution in [0, 0.1) is 6.92 Å². The molecular formula is C8H9NaO2. The molecule has 0 aliphatic carbocycles. The molecular weight excluding hydrogens is 151 g/mol. The van der Waals surface area contributed by atoms with E-state index in [4.69, 9.17) is 4.74 Å². The Balaban J connectivity index is 0.000001000. The van der Waals surface area contributed by atoms with Gasteiger partial charge in [0.1, 0.15) is 5.75 Å². The van der Waals surface area contributed by atoms with Gasteiger partial charge in [-0.15, -0.1) is 0 Å². The molecule has 0 unspecified atom stereocenters. The summed E-state index contributed by atoms with van der Waals surface area (Å²) in [5.41, 5.74) is 0.722. The van der Waals surface area contributed by atoms with Gasteiger partial charge in [0.15, 0.2) is 0 Å². The normalized spacial score (nSPS) is 8.55. The summed E-state index contributed by atoms with van der Waals surface area (Å²) in [6.07, 6.45) is 0. The molecule has 11 heavy (non-hydrogen) atoms. The SMILES string of the molecule is COc1cccc(C)c1[O-].[Na+]. The van der Waals surface area contributed by atoms with Crippen molar-refractivity contribution < 1.29 is 39.4 Å². The maximum absolute atomic E-state index is 11.1. The Morgan fingerprint density at radius 1 is 1.36 bits per heavy atom. The minimum absolute atomic E-state index is 0. The number of para-hydroxylation sites is 1. The van der Waals surface area contributed by atoms with Gasteiger partial charge in [0.25, 0.3) is 0 Å². The molecule has 0 spiro atoms. The number of hydrogen-bond donors (Lipinski definition) is 0. The Morgan fingerprint density at radius 2 is 2.00 bits per heavy atom. The molecule has 0 atom stereocenters. The number of rotatable bonds is 1. The van der Waals surface area contributed by atoms with Crippen molar-refractivity contribution in [1.82, 2.24) is 0 Å². The van der Waals surface area contributed by atoms with Crippen LogP contribution in [-0.2, 0) is 0 Å². The van der Waals surface area contributed by atoms with Gasteiger partial charge in [0.2, 0.25) is 0 Å². The summed E-state index contributed by atoms with van der Waals surface area (Å²) < 4.78 is 4.81. The summed E-state index contributed by atoms with van der Waals surface area (Å²) in [6, 6.07) is 5.23. The summed E-state index contributed by atoms with van der Waals surface area (Å²) in [4.78, 5) is 0. The minimum atomic E-state index is -0.0231. The third-order valence-corrected chi connectivity index (χ3v) is 1.40. The second-order valence-electron chi connectivity index (χ2n) is 2.11. The summed E-state index contributed by atoms with van der Waals surface area (Å²) in [7, 11) is 1.50. The second-order valence-corrected chi connectivity index (χ2v) is 2.11. The fourth-order valence-corrected chi connectivity index (χ4v) is 0.786. The summed E-state index contributed by atoms with van der Waals surface area (Å²) in [5, 5.41) is 11.1. The molecule has 0 radical (unpaired) electrons. The Kier molecular flexibility index (Phi) is 4.57. The van der Waals surface area contributed by atoms with Gasteiger partial charge in [-0.2, -0.15) is 0 Å². The molecule has 3 heteroatoms. The second kappa shape index (κ2) is 4.65. The van der Waals surface area contributed by atoms with Crippen LogP contribution in [0.15, 0.2) is 18.2 Å². The predicted octanol–water partition coefficient (Wildman–Crippen LogP) is -1.92. The van der Waals surface area contributed by atoms with Gasteiger partial charge in [0.05, 0.1) is 7.11 Å². The van der Waals surface area contributed by atoms with E-state index in [2.05, 4.69) is 0 Å². The van der Waals surface area contributed by atoms with E-state index in [-0.39, 0.29) is 35.3 Å². The zero-order valence-electron chi connectivity index (χ0n) is 7.05. The molecule has 0 N–H and O–H groups in total. The van der Waals surface area contributed by atoms with Crippen LogP contribution in [0.2, 0.25) is 0 Å². The number of methoxy groups -OCH3 is 1. The van der Waals surface area contributed by atoms with Crippen LogP contribution in [0.4, 0.5) is 0 Å². The molecule has 0 fully saturated rings. The molecule has 0 aliphatic rings. The van der Waals surface area contributed by atoms with E-state index in [9.17, 15) is 5.11 Å². The van der Waals surface area contributed by atoms with Gasteiger partial charge in [-0.05, 0) is 13.0 Å². The smallest absolute Gasteiger partial charge is 0.870 e. The van der Waals surface area contributed by atoms with E-state index in [0.717, 1.165) is 5.56 Å². The topological polar surface area (TPSA) is 32.3 Å². The van der Waals surface area contributed by atoms with Gasteiger partial charge in [-0.3, -0.25) is 0 Å². The first-order valence-corrected chi connectivity index (χ1v) is 3.06. The van der Waals surface area contributed by atoms with Gasteiger partial charge < -0.3 is 9.84 Å². The molecule has 0 heterocycles. The van der Waals surface area contributed by atoms with E-state index in [1.807, 2.05) is 0 Å². The largest absolute Gasteiger partial charge is 1.00 e. The summed E-state index contributed by atoms with van der Waals surface area (Å²) >= 11 is 0. The molecule has 0 bridgehead atoms. The Bertz CT molecular complexity index is 236. The van der Waals surface area contributed by atoms with Crippen molar-refractivity contribution in [3.8, 4) is 11.5 Å². The van der Waals surface area contributed by atoms with E-state index in [1.54, 1.807) is 25.1 Å². The van der Waals surface area contributed by atoms with E-state index >= 15 is 0 Å². The van der Waals surface area contributed by atoms with Gasteiger partial charge >= 0.3 is 29.6 Å². The molecule has 1 rings (SSSR count). The number of benzene rings is 1. The first-order valence-electron chi connectivity index (χ1n) is 3.06. The Morgan fingerprint density at radius 3 is 2.45 bits per heavy atom. The predicted molar refractivity (Wildman–Crippen MR) is 37.2 cm³/mol. The van der Waals surface area contributed by atoms with Crippen LogP contribution in [0.1, 0.15) is 5.56 Å². The average molecular weight is 160 g/mol. The van der Waals surface area contributed by atoms with Crippen molar-refractivity contribution in [1.29, 1.82) is 0 Å². The Hall–Kier alpha value is -0.180. The number of aryl methyl sites for hydroxylation is 1. The average Bonchev–Trinajstić information content (AvgIpc) is 1.95. The monoisotopic (exact) mass is 160 g/mol. The zero-order valence-corrected chi connectivity index (χ0v) is 9.05. The van der Waals surface area contributed by atoms with Crippen LogP contribution < -0.4 is 39.4 Å².